The van der Waals surface area contributed by atoms with Crippen molar-refractivity contribution < 1.29 is 23.0 Å². The molecular formula is C25H32F3N3O2S. The smallest absolute Gasteiger partial charge is 0.378 e. The first-order chi connectivity index (χ1) is 15.7. The minimum Gasteiger partial charge on any atom is -0.378 e. The van der Waals surface area contributed by atoms with Crippen molar-refractivity contribution in [3.63, 3.8) is 0 Å². The Kier molecular flexibility index (Phi) is 7.46. The average Bonchev–Trinajstić information content (AvgIpc) is 3.29. The van der Waals surface area contributed by atoms with Gasteiger partial charge in [0.25, 0.3) is 0 Å². The Bertz CT molecular complexity index is 1220. The number of hydrogen-bond acceptors (Lipinski definition) is 3. The molecule has 0 radical (unpaired) electrons. The van der Waals surface area contributed by atoms with Crippen LogP contribution in [0.25, 0.3) is 22.0 Å². The van der Waals surface area contributed by atoms with E-state index in [4.69, 9.17) is 4.74 Å². The number of fused-ring (bicyclic) bond motifs is 1. The maximum absolute atomic E-state index is 13.9. The van der Waals surface area contributed by atoms with Gasteiger partial charge in [-0.25, -0.2) is 14.7 Å². The van der Waals surface area contributed by atoms with E-state index in [9.17, 15) is 18.3 Å². The zero-order chi connectivity index (χ0) is 25.3. The van der Waals surface area contributed by atoms with E-state index in [-0.39, 0.29) is 12.3 Å². The van der Waals surface area contributed by atoms with Gasteiger partial charge in [0.05, 0.1) is 6.61 Å². The van der Waals surface area contributed by atoms with Crippen LogP contribution < -0.4 is 0 Å². The van der Waals surface area contributed by atoms with Crippen molar-refractivity contribution in [1.29, 1.82) is 0 Å². The van der Waals surface area contributed by atoms with E-state index in [1.54, 1.807) is 32.2 Å². The number of nitrogens with zero attached hydrogens (tertiary/aromatic N) is 3. The number of benzene rings is 1. The number of rotatable bonds is 7. The molecule has 0 saturated carbocycles. The van der Waals surface area contributed by atoms with Gasteiger partial charge in [-0.05, 0) is 57.7 Å². The lowest BCUT2D eigenvalue weighted by atomic mass is 10.0. The number of aromatic nitrogens is 3. The first kappa shape index (κ1) is 26.2. The molecular weight excluding hydrogens is 463 g/mol. The third-order valence-corrected chi connectivity index (χ3v) is 6.51. The van der Waals surface area contributed by atoms with Crippen molar-refractivity contribution in [2.24, 2.45) is 0 Å². The molecule has 0 bridgehead atoms. The lowest BCUT2D eigenvalue weighted by Gasteiger charge is -2.24. The second-order valence-electron chi connectivity index (χ2n) is 9.63. The van der Waals surface area contributed by atoms with E-state index in [0.717, 1.165) is 11.3 Å². The molecule has 0 aliphatic rings. The van der Waals surface area contributed by atoms with Crippen LogP contribution in [0.3, 0.4) is 0 Å². The molecule has 2 heterocycles. The fourth-order valence-corrected chi connectivity index (χ4v) is 4.06. The minimum absolute atomic E-state index is 0.00217. The summed E-state index contributed by atoms with van der Waals surface area (Å²) in [5.41, 5.74) is -0.272. The highest BCUT2D eigenvalue weighted by Gasteiger charge is 2.38. The molecule has 0 unspecified atom stereocenters. The van der Waals surface area contributed by atoms with Crippen LogP contribution >= 0.6 is 10.0 Å². The Morgan fingerprint density at radius 2 is 1.82 bits per heavy atom. The van der Waals surface area contributed by atoms with Crippen LogP contribution in [0.1, 0.15) is 32.0 Å². The molecule has 0 fully saturated rings. The monoisotopic (exact) mass is 495 g/mol. The Morgan fingerprint density at radius 1 is 1.12 bits per heavy atom. The van der Waals surface area contributed by atoms with E-state index < -0.39 is 27.5 Å². The molecule has 9 heteroatoms. The summed E-state index contributed by atoms with van der Waals surface area (Å²) in [5.74, 6) is 6.52. The standard InChI is InChI=1S/C25H32F3N3O2S/c1-7-30-15-20(19-14-18(8-9-22(19)30)10-11-24(2,3)32)21-16-31(29-23(21)25(26,27)28)17-33-12-13-34(4,5)6/h8-9,14-16,32H,7,12-13,17H2,1-6H3. The SMILES string of the molecule is CCn1cc(-c2cn(COCCS(C)(C)C)nc2C(F)(F)F)c2cc(C#CC(C)(C)O)ccc21. The fraction of sp³-hybridized carbons (Fsp3) is 0.480. The number of hydrogen-bond donors (Lipinski definition) is 1. The molecule has 1 N–H and O–H groups in total. The minimum atomic E-state index is -4.62. The highest BCUT2D eigenvalue weighted by Crippen LogP contribution is 2.40. The van der Waals surface area contributed by atoms with Gasteiger partial charge >= 0.3 is 6.18 Å². The third-order valence-electron chi connectivity index (χ3n) is 5.12. The van der Waals surface area contributed by atoms with Gasteiger partial charge in [-0.15, -0.1) is 0 Å². The summed E-state index contributed by atoms with van der Waals surface area (Å²) in [6.07, 6.45) is 4.99. The van der Waals surface area contributed by atoms with Gasteiger partial charge in [-0.1, -0.05) is 11.8 Å². The van der Waals surface area contributed by atoms with E-state index in [2.05, 4.69) is 35.7 Å². The quantitative estimate of drug-likeness (QED) is 0.356. The van der Waals surface area contributed by atoms with Gasteiger partial charge in [0.15, 0.2) is 5.69 Å². The number of aryl methyl sites for hydroxylation is 1. The third kappa shape index (κ3) is 6.59. The fourth-order valence-electron chi connectivity index (χ4n) is 3.44. The molecule has 5 nitrogen and oxygen atoms in total. The number of halogens is 3. The molecule has 2 aromatic heterocycles. The summed E-state index contributed by atoms with van der Waals surface area (Å²) in [6.45, 7) is 6.10. The second-order valence-corrected chi connectivity index (χ2v) is 14.2. The van der Waals surface area contributed by atoms with Crippen LogP contribution in [0, 0.1) is 11.8 Å². The molecule has 1 aromatic carbocycles. The highest BCUT2D eigenvalue weighted by atomic mass is 32.3. The van der Waals surface area contributed by atoms with E-state index in [0.29, 0.717) is 29.7 Å². The van der Waals surface area contributed by atoms with Gasteiger partial charge in [-0.3, -0.25) is 0 Å². The van der Waals surface area contributed by atoms with Crippen molar-refractivity contribution in [2.45, 2.75) is 45.8 Å². The lowest BCUT2D eigenvalue weighted by molar-refractivity contribution is -0.141. The molecule has 186 valence electrons. The van der Waals surface area contributed by atoms with E-state index in [1.165, 1.54) is 10.9 Å². The maximum Gasteiger partial charge on any atom is 0.435 e. The first-order valence-corrected chi connectivity index (χ1v) is 14.0. The van der Waals surface area contributed by atoms with Crippen molar-refractivity contribution in [3.8, 4) is 23.0 Å². The average molecular weight is 496 g/mol. The van der Waals surface area contributed by atoms with Crippen LogP contribution in [0.2, 0.25) is 0 Å². The normalized spacial score (nSPS) is 13.2. The summed E-state index contributed by atoms with van der Waals surface area (Å²) < 4.78 is 50.6. The predicted molar refractivity (Wildman–Crippen MR) is 133 cm³/mol. The molecule has 0 saturated heterocycles. The Morgan fingerprint density at radius 3 is 2.41 bits per heavy atom. The Labute approximate surface area is 200 Å². The van der Waals surface area contributed by atoms with Crippen LogP contribution in [-0.2, 0) is 24.2 Å². The topological polar surface area (TPSA) is 52.2 Å². The van der Waals surface area contributed by atoms with Crippen LogP contribution in [0.15, 0.2) is 30.6 Å². The zero-order valence-corrected chi connectivity index (χ0v) is 21.3. The van der Waals surface area contributed by atoms with Crippen LogP contribution in [-0.4, -0.2) is 56.2 Å². The molecule has 0 atom stereocenters. The lowest BCUT2D eigenvalue weighted by Crippen LogP contribution is -2.14. The van der Waals surface area contributed by atoms with Gasteiger partial charge < -0.3 is 14.4 Å². The summed E-state index contributed by atoms with van der Waals surface area (Å²) in [5, 5.41) is 14.4. The van der Waals surface area contributed by atoms with Crippen LogP contribution in [0.5, 0.6) is 0 Å². The van der Waals surface area contributed by atoms with Gasteiger partial charge in [0, 0.05) is 52.3 Å². The summed E-state index contributed by atoms with van der Waals surface area (Å²) in [6, 6.07) is 5.40. The zero-order valence-electron chi connectivity index (χ0n) is 20.5. The molecule has 0 aliphatic heterocycles. The molecule has 3 rings (SSSR count). The van der Waals surface area contributed by atoms with E-state index >= 15 is 0 Å². The van der Waals surface area contributed by atoms with E-state index in [1.807, 2.05) is 17.6 Å². The number of ether oxygens (including phenoxy) is 1. The van der Waals surface area contributed by atoms with Crippen LogP contribution in [0.4, 0.5) is 13.2 Å². The van der Waals surface area contributed by atoms with Gasteiger partial charge in [0.2, 0.25) is 0 Å². The molecule has 34 heavy (non-hydrogen) atoms. The van der Waals surface area contributed by atoms with Crippen molar-refractivity contribution >= 4 is 20.9 Å². The number of aliphatic hydroxyl groups is 1. The maximum atomic E-state index is 13.9. The largest absolute Gasteiger partial charge is 0.435 e. The molecule has 3 aromatic rings. The van der Waals surface area contributed by atoms with Crippen molar-refractivity contribution in [3.05, 3.63) is 41.9 Å². The summed E-state index contributed by atoms with van der Waals surface area (Å²) in [7, 11) is -0.755. The molecule has 0 amide bonds. The Balaban J connectivity index is 2.06. The second kappa shape index (κ2) is 9.68. The molecule has 0 aliphatic carbocycles. The van der Waals surface area contributed by atoms with Gasteiger partial charge in [0.1, 0.15) is 12.3 Å². The predicted octanol–water partition coefficient (Wildman–Crippen LogP) is 5.33. The summed E-state index contributed by atoms with van der Waals surface area (Å²) >= 11 is 0. The van der Waals surface area contributed by atoms with Crippen molar-refractivity contribution in [2.75, 3.05) is 31.1 Å². The summed E-state index contributed by atoms with van der Waals surface area (Å²) in [4.78, 5) is 0. The Hall–Kier alpha value is -2.41. The molecule has 0 spiro atoms. The first-order valence-electron chi connectivity index (χ1n) is 10.9. The highest BCUT2D eigenvalue weighted by molar-refractivity contribution is 8.32. The van der Waals surface area contributed by atoms with Crippen molar-refractivity contribution in [1.82, 2.24) is 14.3 Å². The number of alkyl halides is 3. The van der Waals surface area contributed by atoms with Gasteiger partial charge in [-0.2, -0.15) is 18.3 Å².